The van der Waals surface area contributed by atoms with Crippen LogP contribution in [0.25, 0.3) is 0 Å². The third kappa shape index (κ3) is 61.6. The summed E-state index contributed by atoms with van der Waals surface area (Å²) < 4.78 is 17.6. The number of hydrogen-bond donors (Lipinski definition) is 0. The number of esters is 2. The third-order valence-electron chi connectivity index (χ3n) is 13.9. The van der Waals surface area contributed by atoms with Gasteiger partial charge in [-0.1, -0.05) is 273 Å². The fourth-order valence-corrected chi connectivity index (χ4v) is 9.12. The maximum Gasteiger partial charge on any atom is 0.306 e. The monoisotopic (exact) mass is 1030 g/mol. The molecule has 0 N–H and O–H groups in total. The lowest BCUT2D eigenvalue weighted by atomic mass is 10.1. The SMILES string of the molecule is CC/C=C\C/C=C\C/C=C\C/C=C\CCCCCCCCCOCC(COC(=O)CCCCCCCCCCC/C=C\C/C=C\CCCCC)OC(=O)CCCCCCCCCCC/C=C\CCCCCCCC. The van der Waals surface area contributed by atoms with Crippen LogP contribution in [-0.4, -0.2) is 37.9 Å². The molecule has 0 bridgehead atoms. The molecule has 1 atom stereocenters. The first kappa shape index (κ1) is 71.1. The third-order valence-corrected chi connectivity index (χ3v) is 13.9. The Hall–Kier alpha value is -2.92. The Bertz CT molecular complexity index is 1350. The average molecular weight is 1030 g/mol. The normalized spacial score (nSPS) is 12.7. The summed E-state index contributed by atoms with van der Waals surface area (Å²) in [4.78, 5) is 25.7. The summed E-state index contributed by atoms with van der Waals surface area (Å²) in [6.45, 7) is 7.70. The molecule has 1 unspecified atom stereocenters. The van der Waals surface area contributed by atoms with Crippen molar-refractivity contribution in [3.8, 4) is 0 Å². The predicted octanol–water partition coefficient (Wildman–Crippen LogP) is 22.4. The molecule has 5 heteroatoms. The fraction of sp³-hybridized carbons (Fsp3) is 0.768. The lowest BCUT2D eigenvalue weighted by Crippen LogP contribution is -2.30. The first-order chi connectivity index (χ1) is 36.6. The molecule has 0 aliphatic heterocycles. The second-order valence-electron chi connectivity index (χ2n) is 21.3. The van der Waals surface area contributed by atoms with Crippen LogP contribution < -0.4 is 0 Å². The zero-order chi connectivity index (χ0) is 53.4. The van der Waals surface area contributed by atoms with Crippen molar-refractivity contribution in [2.45, 2.75) is 322 Å². The predicted molar refractivity (Wildman–Crippen MR) is 325 cm³/mol. The minimum absolute atomic E-state index is 0.0763. The Labute approximate surface area is 460 Å². The van der Waals surface area contributed by atoms with Crippen molar-refractivity contribution >= 4 is 11.9 Å². The minimum atomic E-state index is -0.550. The molecule has 0 aromatic heterocycles. The molecule has 74 heavy (non-hydrogen) atoms. The highest BCUT2D eigenvalue weighted by Gasteiger charge is 2.18. The van der Waals surface area contributed by atoms with Crippen LogP contribution in [0.15, 0.2) is 85.1 Å². The molecule has 0 spiro atoms. The lowest BCUT2D eigenvalue weighted by Gasteiger charge is -2.18. The molecular formula is C69H122O5. The van der Waals surface area contributed by atoms with Crippen molar-refractivity contribution in [2.24, 2.45) is 0 Å². The summed E-state index contributed by atoms with van der Waals surface area (Å²) >= 11 is 0. The van der Waals surface area contributed by atoms with Crippen molar-refractivity contribution in [2.75, 3.05) is 19.8 Å². The van der Waals surface area contributed by atoms with Gasteiger partial charge in [-0.2, -0.15) is 0 Å². The second kappa shape index (κ2) is 64.4. The molecule has 0 fully saturated rings. The van der Waals surface area contributed by atoms with Crippen LogP contribution in [0.4, 0.5) is 0 Å². The van der Waals surface area contributed by atoms with Crippen LogP contribution >= 0.6 is 0 Å². The van der Waals surface area contributed by atoms with Gasteiger partial charge in [-0.25, -0.2) is 0 Å². The first-order valence-corrected chi connectivity index (χ1v) is 32.1. The summed E-state index contributed by atoms with van der Waals surface area (Å²) in [6, 6.07) is 0. The number of hydrogen-bond acceptors (Lipinski definition) is 5. The number of rotatable bonds is 59. The number of ether oxygens (including phenoxy) is 3. The van der Waals surface area contributed by atoms with Gasteiger partial charge in [0.1, 0.15) is 6.61 Å². The van der Waals surface area contributed by atoms with Crippen LogP contribution in [0.3, 0.4) is 0 Å². The maximum atomic E-state index is 12.9. The molecule has 0 saturated heterocycles. The van der Waals surface area contributed by atoms with Gasteiger partial charge in [0, 0.05) is 19.4 Å². The molecule has 0 radical (unpaired) electrons. The van der Waals surface area contributed by atoms with E-state index in [4.69, 9.17) is 14.2 Å². The van der Waals surface area contributed by atoms with Crippen molar-refractivity contribution < 1.29 is 23.8 Å². The zero-order valence-corrected chi connectivity index (χ0v) is 49.3. The van der Waals surface area contributed by atoms with Gasteiger partial charge in [-0.3, -0.25) is 9.59 Å². The Morgan fingerprint density at radius 1 is 0.311 bits per heavy atom. The average Bonchev–Trinajstić information content (AvgIpc) is 3.40. The van der Waals surface area contributed by atoms with Crippen LogP contribution in [0.1, 0.15) is 316 Å². The van der Waals surface area contributed by atoms with E-state index in [1.54, 1.807) is 0 Å². The van der Waals surface area contributed by atoms with Gasteiger partial charge in [0.25, 0.3) is 0 Å². The van der Waals surface area contributed by atoms with Crippen molar-refractivity contribution in [3.05, 3.63) is 85.1 Å². The van der Waals surface area contributed by atoms with Gasteiger partial charge in [0.2, 0.25) is 0 Å². The van der Waals surface area contributed by atoms with E-state index in [0.29, 0.717) is 19.4 Å². The van der Waals surface area contributed by atoms with Crippen LogP contribution in [0, 0.1) is 0 Å². The number of carbonyl (C=O) groups is 2. The van der Waals surface area contributed by atoms with Crippen molar-refractivity contribution in [1.29, 1.82) is 0 Å². The molecular weight excluding hydrogens is 909 g/mol. The highest BCUT2D eigenvalue weighted by molar-refractivity contribution is 5.70. The Morgan fingerprint density at radius 2 is 0.608 bits per heavy atom. The largest absolute Gasteiger partial charge is 0.462 e. The Balaban J connectivity index is 4.31. The molecule has 428 valence electrons. The molecule has 0 saturated carbocycles. The smallest absolute Gasteiger partial charge is 0.306 e. The van der Waals surface area contributed by atoms with E-state index in [1.165, 1.54) is 212 Å². The maximum absolute atomic E-state index is 12.9. The lowest BCUT2D eigenvalue weighted by molar-refractivity contribution is -0.163. The number of carbonyl (C=O) groups excluding carboxylic acids is 2. The molecule has 5 nitrogen and oxygen atoms in total. The van der Waals surface area contributed by atoms with E-state index in [1.807, 2.05) is 0 Å². The summed E-state index contributed by atoms with van der Waals surface area (Å²) in [7, 11) is 0. The Kier molecular flexibility index (Phi) is 61.8. The van der Waals surface area contributed by atoms with E-state index in [2.05, 4.69) is 106 Å². The Morgan fingerprint density at radius 3 is 1.01 bits per heavy atom. The topological polar surface area (TPSA) is 61.8 Å². The van der Waals surface area contributed by atoms with E-state index in [9.17, 15) is 9.59 Å². The van der Waals surface area contributed by atoms with Crippen LogP contribution in [0.5, 0.6) is 0 Å². The van der Waals surface area contributed by atoms with Gasteiger partial charge in [-0.05, 0) is 116 Å². The minimum Gasteiger partial charge on any atom is -0.462 e. The van der Waals surface area contributed by atoms with Gasteiger partial charge < -0.3 is 14.2 Å². The molecule has 0 rings (SSSR count). The summed E-state index contributed by atoms with van der Waals surface area (Å²) in [5.74, 6) is -0.400. The fourth-order valence-electron chi connectivity index (χ4n) is 9.12. The van der Waals surface area contributed by atoms with Crippen LogP contribution in [-0.2, 0) is 23.8 Å². The number of unbranched alkanes of at least 4 members (excludes halogenated alkanes) is 34. The molecule has 0 aromatic carbocycles. The quantitative estimate of drug-likeness (QED) is 0.0345. The van der Waals surface area contributed by atoms with Gasteiger partial charge in [0.05, 0.1) is 6.61 Å². The molecule has 0 aromatic rings. The van der Waals surface area contributed by atoms with E-state index >= 15 is 0 Å². The molecule has 0 heterocycles. The number of allylic oxidation sites excluding steroid dienone is 14. The van der Waals surface area contributed by atoms with E-state index in [-0.39, 0.29) is 25.2 Å². The van der Waals surface area contributed by atoms with Crippen molar-refractivity contribution in [3.63, 3.8) is 0 Å². The molecule has 0 aliphatic carbocycles. The summed E-state index contributed by atoms with van der Waals surface area (Å²) in [6.07, 6.45) is 86.2. The molecule has 0 aliphatic rings. The zero-order valence-electron chi connectivity index (χ0n) is 49.3. The van der Waals surface area contributed by atoms with E-state index < -0.39 is 6.10 Å². The molecule has 0 amide bonds. The standard InChI is InChI=1S/C69H122O5/c1-4-7-10-13-16-19-22-25-28-31-34-37-40-43-46-49-52-55-58-61-64-72-65-67(74-69(71)63-60-57-54-51-48-45-42-39-36-33-30-27-24-21-18-15-12-9-6-3)66-73-68(70)62-59-56-53-50-47-44-41-38-35-32-29-26-23-20-17-14-11-8-5-2/h7,10,16-17,19-20,25-30,34,37,67H,4-6,8-9,11-15,18,21-24,31-33,35-36,38-66H2,1-3H3/b10-7-,19-16-,20-17-,28-25-,29-26-,30-27-,37-34-. The highest BCUT2D eigenvalue weighted by Crippen LogP contribution is 2.16. The first-order valence-electron chi connectivity index (χ1n) is 32.1. The summed E-state index contributed by atoms with van der Waals surface area (Å²) in [5, 5.41) is 0. The van der Waals surface area contributed by atoms with Gasteiger partial charge in [0.15, 0.2) is 6.10 Å². The highest BCUT2D eigenvalue weighted by atomic mass is 16.6. The van der Waals surface area contributed by atoms with Gasteiger partial charge >= 0.3 is 11.9 Å². The van der Waals surface area contributed by atoms with Gasteiger partial charge in [-0.15, -0.1) is 0 Å². The van der Waals surface area contributed by atoms with E-state index in [0.717, 1.165) is 70.6 Å². The van der Waals surface area contributed by atoms with Crippen LogP contribution in [0.2, 0.25) is 0 Å². The second-order valence-corrected chi connectivity index (χ2v) is 21.3. The summed E-state index contributed by atoms with van der Waals surface area (Å²) in [5.41, 5.74) is 0. The van der Waals surface area contributed by atoms with Crippen molar-refractivity contribution in [1.82, 2.24) is 0 Å².